The number of halogens is 3. The average molecular weight is 312 g/mol. The summed E-state index contributed by atoms with van der Waals surface area (Å²) in [6, 6.07) is 6.27. The summed E-state index contributed by atoms with van der Waals surface area (Å²) in [5, 5.41) is 5.10. The van der Waals surface area contributed by atoms with Gasteiger partial charge < -0.3 is 10.6 Å². The summed E-state index contributed by atoms with van der Waals surface area (Å²) in [5.41, 5.74) is 6.25. The summed E-state index contributed by atoms with van der Waals surface area (Å²) in [6.45, 7) is -0.555. The lowest BCUT2D eigenvalue weighted by Crippen LogP contribution is -2.38. The Labute approximate surface area is 124 Å². The Kier molecular flexibility index (Phi) is 3.56. The normalized spacial score (nSPS) is 22.5. The first-order valence-electron chi connectivity index (χ1n) is 6.87. The van der Waals surface area contributed by atoms with Gasteiger partial charge in [0.05, 0.1) is 11.4 Å². The summed E-state index contributed by atoms with van der Waals surface area (Å²) in [6.07, 6.45) is -2.68. The van der Waals surface area contributed by atoms with Gasteiger partial charge in [-0.25, -0.2) is 0 Å². The Hall–Kier alpha value is -2.09. The van der Waals surface area contributed by atoms with E-state index in [1.807, 2.05) is 24.3 Å². The van der Waals surface area contributed by atoms with Crippen molar-refractivity contribution in [3.05, 3.63) is 30.5 Å². The van der Waals surface area contributed by atoms with Gasteiger partial charge in [-0.15, -0.1) is 0 Å². The summed E-state index contributed by atoms with van der Waals surface area (Å²) in [5.74, 6) is -2.07. The maximum absolute atomic E-state index is 12.8. The fourth-order valence-corrected chi connectivity index (χ4v) is 2.71. The highest BCUT2D eigenvalue weighted by Gasteiger charge is 2.49. The van der Waals surface area contributed by atoms with Gasteiger partial charge >= 0.3 is 6.18 Å². The zero-order chi connectivity index (χ0) is 15.9. The molecule has 0 radical (unpaired) electrons. The van der Waals surface area contributed by atoms with Crippen molar-refractivity contribution in [3.8, 4) is 0 Å². The minimum Gasteiger partial charge on any atom is -0.339 e. The van der Waals surface area contributed by atoms with E-state index in [0.717, 1.165) is 15.8 Å². The fraction of sp³-hybridized carbons (Fsp3) is 0.429. The number of rotatable bonds is 2. The van der Waals surface area contributed by atoms with E-state index >= 15 is 0 Å². The van der Waals surface area contributed by atoms with Crippen LogP contribution in [0.1, 0.15) is 0 Å². The van der Waals surface area contributed by atoms with Crippen LogP contribution < -0.4 is 5.73 Å². The van der Waals surface area contributed by atoms with Gasteiger partial charge in [-0.05, 0) is 6.07 Å². The largest absolute Gasteiger partial charge is 0.395 e. The molecular weight excluding hydrogens is 297 g/mol. The molecule has 2 heterocycles. The Morgan fingerprint density at radius 2 is 2.05 bits per heavy atom. The molecule has 1 saturated heterocycles. The lowest BCUT2D eigenvalue weighted by Gasteiger charge is -2.18. The van der Waals surface area contributed by atoms with Crippen molar-refractivity contribution in [1.29, 1.82) is 0 Å². The van der Waals surface area contributed by atoms with Crippen molar-refractivity contribution >= 4 is 16.8 Å². The van der Waals surface area contributed by atoms with E-state index in [1.165, 1.54) is 4.68 Å². The number of carbonyl (C=O) groups is 1. The van der Waals surface area contributed by atoms with E-state index in [4.69, 9.17) is 5.73 Å². The van der Waals surface area contributed by atoms with Crippen LogP contribution >= 0.6 is 0 Å². The third kappa shape index (κ3) is 2.78. The van der Waals surface area contributed by atoms with Gasteiger partial charge in [0.2, 0.25) is 5.91 Å². The molecule has 22 heavy (non-hydrogen) atoms. The van der Waals surface area contributed by atoms with E-state index in [2.05, 4.69) is 5.10 Å². The van der Waals surface area contributed by atoms with Crippen LogP contribution in [0.4, 0.5) is 13.2 Å². The number of amides is 1. The van der Waals surface area contributed by atoms with Crippen LogP contribution in [-0.4, -0.2) is 45.9 Å². The van der Waals surface area contributed by atoms with Gasteiger partial charge in [0.1, 0.15) is 6.54 Å². The van der Waals surface area contributed by atoms with Crippen LogP contribution in [0.3, 0.4) is 0 Å². The van der Waals surface area contributed by atoms with Gasteiger partial charge in [0.15, 0.2) is 0 Å². The second kappa shape index (κ2) is 5.28. The third-order valence-corrected chi connectivity index (χ3v) is 3.90. The molecule has 0 saturated carbocycles. The quantitative estimate of drug-likeness (QED) is 0.911. The number of hydrogen-bond donors (Lipinski definition) is 1. The van der Waals surface area contributed by atoms with Gasteiger partial charge in [-0.3, -0.25) is 9.48 Å². The van der Waals surface area contributed by atoms with Gasteiger partial charge in [0, 0.05) is 30.7 Å². The highest BCUT2D eigenvalue weighted by molar-refractivity contribution is 5.80. The Bertz CT molecular complexity index is 664. The third-order valence-electron chi connectivity index (χ3n) is 3.90. The SMILES string of the molecule is N[C@@H]1CN(C(=O)Cn2cc3ccccc3n2)C[C@H]1C(F)(F)F. The molecule has 2 aromatic rings. The molecule has 118 valence electrons. The molecule has 3 rings (SSSR count). The molecule has 1 fully saturated rings. The zero-order valence-electron chi connectivity index (χ0n) is 11.6. The minimum atomic E-state index is -4.38. The predicted octanol–water partition coefficient (Wildman–Crippen LogP) is 1.38. The second-order valence-electron chi connectivity index (χ2n) is 5.50. The average Bonchev–Trinajstić information content (AvgIpc) is 3.00. The van der Waals surface area contributed by atoms with Gasteiger partial charge in [-0.1, -0.05) is 18.2 Å². The maximum Gasteiger partial charge on any atom is 0.395 e. The Morgan fingerprint density at radius 1 is 1.32 bits per heavy atom. The van der Waals surface area contributed by atoms with Crippen LogP contribution in [0.15, 0.2) is 30.5 Å². The monoisotopic (exact) mass is 312 g/mol. The van der Waals surface area contributed by atoms with E-state index in [-0.39, 0.29) is 19.6 Å². The molecule has 0 unspecified atom stereocenters. The van der Waals surface area contributed by atoms with Crippen molar-refractivity contribution in [2.24, 2.45) is 11.7 Å². The van der Waals surface area contributed by atoms with E-state index in [0.29, 0.717) is 0 Å². The number of carbonyl (C=O) groups excluding carboxylic acids is 1. The molecule has 1 aromatic carbocycles. The lowest BCUT2D eigenvalue weighted by atomic mass is 10.1. The van der Waals surface area contributed by atoms with Crippen LogP contribution in [0, 0.1) is 5.92 Å². The number of likely N-dealkylation sites (tertiary alicyclic amines) is 1. The highest BCUT2D eigenvalue weighted by Crippen LogP contribution is 2.33. The highest BCUT2D eigenvalue weighted by atomic mass is 19.4. The Morgan fingerprint density at radius 3 is 2.68 bits per heavy atom. The van der Waals surface area contributed by atoms with Gasteiger partial charge in [0.25, 0.3) is 0 Å². The number of nitrogens with two attached hydrogens (primary N) is 1. The fourth-order valence-electron chi connectivity index (χ4n) is 2.71. The smallest absolute Gasteiger partial charge is 0.339 e. The van der Waals surface area contributed by atoms with Crippen molar-refractivity contribution in [2.45, 2.75) is 18.8 Å². The number of aromatic nitrogens is 2. The maximum atomic E-state index is 12.8. The number of fused-ring (bicyclic) bond motifs is 1. The molecule has 1 aromatic heterocycles. The molecule has 8 heteroatoms. The lowest BCUT2D eigenvalue weighted by molar-refractivity contribution is -0.173. The van der Waals surface area contributed by atoms with Crippen LogP contribution in [0.2, 0.25) is 0 Å². The van der Waals surface area contributed by atoms with E-state index in [1.54, 1.807) is 6.20 Å². The number of alkyl halides is 3. The molecule has 0 spiro atoms. The van der Waals surface area contributed by atoms with Crippen molar-refractivity contribution in [1.82, 2.24) is 14.7 Å². The van der Waals surface area contributed by atoms with E-state index < -0.39 is 24.0 Å². The minimum absolute atomic E-state index is 0.0796. The number of hydrogen-bond acceptors (Lipinski definition) is 3. The molecule has 2 atom stereocenters. The van der Waals surface area contributed by atoms with Gasteiger partial charge in [-0.2, -0.15) is 18.3 Å². The molecule has 0 bridgehead atoms. The van der Waals surface area contributed by atoms with Crippen molar-refractivity contribution in [2.75, 3.05) is 13.1 Å². The van der Waals surface area contributed by atoms with E-state index in [9.17, 15) is 18.0 Å². The standard InChI is InChI=1S/C14H15F3N4O/c15-14(16,17)10-6-20(7-11(10)18)13(22)8-21-5-9-3-1-2-4-12(9)19-21/h1-5,10-11H,6-8,18H2/t10-,11-/m1/s1. The molecule has 2 N–H and O–H groups in total. The zero-order valence-corrected chi connectivity index (χ0v) is 11.6. The van der Waals surface area contributed by atoms with Crippen LogP contribution in [0.25, 0.3) is 10.9 Å². The summed E-state index contributed by atoms with van der Waals surface area (Å²) in [7, 11) is 0. The topological polar surface area (TPSA) is 64.2 Å². The van der Waals surface area contributed by atoms with Crippen molar-refractivity contribution < 1.29 is 18.0 Å². The number of benzene rings is 1. The molecule has 1 amide bonds. The second-order valence-corrected chi connectivity index (χ2v) is 5.50. The molecular formula is C14H15F3N4O. The summed E-state index contributed by atoms with van der Waals surface area (Å²) in [4.78, 5) is 13.3. The molecule has 0 aliphatic carbocycles. The first kappa shape index (κ1) is 14.8. The predicted molar refractivity (Wildman–Crippen MR) is 73.8 cm³/mol. The van der Waals surface area contributed by atoms with Crippen LogP contribution in [-0.2, 0) is 11.3 Å². The first-order chi connectivity index (χ1) is 10.3. The summed E-state index contributed by atoms with van der Waals surface area (Å²) >= 11 is 0. The first-order valence-corrected chi connectivity index (χ1v) is 6.87. The summed E-state index contributed by atoms with van der Waals surface area (Å²) < 4.78 is 39.8. The Balaban J connectivity index is 1.70. The number of nitrogens with zero attached hydrogens (tertiary/aromatic N) is 3. The molecule has 1 aliphatic heterocycles. The van der Waals surface area contributed by atoms with Crippen LogP contribution in [0.5, 0.6) is 0 Å². The van der Waals surface area contributed by atoms with Crippen molar-refractivity contribution in [3.63, 3.8) is 0 Å². The molecule has 5 nitrogen and oxygen atoms in total. The molecule has 1 aliphatic rings.